The average Bonchev–Trinajstić information content (AvgIpc) is 2.77. The van der Waals surface area contributed by atoms with Gasteiger partial charge in [0.15, 0.2) is 0 Å². The minimum Gasteiger partial charge on any atom is -0.374 e. The molecule has 7 heteroatoms. The summed E-state index contributed by atoms with van der Waals surface area (Å²) in [6.45, 7) is 6.03. The highest BCUT2D eigenvalue weighted by Crippen LogP contribution is 2.25. The molecule has 1 saturated heterocycles. The van der Waals surface area contributed by atoms with E-state index in [2.05, 4.69) is 5.32 Å². The quantitative estimate of drug-likeness (QED) is 0.623. The van der Waals surface area contributed by atoms with Crippen LogP contribution in [-0.4, -0.2) is 35.9 Å². The molecule has 1 aliphatic rings. The van der Waals surface area contributed by atoms with Gasteiger partial charge in [-0.25, -0.2) is 0 Å². The number of halogens is 2. The van der Waals surface area contributed by atoms with Gasteiger partial charge in [-0.2, -0.15) is 0 Å². The van der Waals surface area contributed by atoms with E-state index in [1.54, 1.807) is 23.1 Å². The van der Waals surface area contributed by atoms with E-state index in [0.717, 1.165) is 24.0 Å². The number of amides is 2. The van der Waals surface area contributed by atoms with Crippen molar-refractivity contribution in [1.82, 2.24) is 10.2 Å². The summed E-state index contributed by atoms with van der Waals surface area (Å²) in [5, 5.41) is 3.78. The molecule has 2 aromatic rings. The van der Waals surface area contributed by atoms with E-state index in [4.69, 9.17) is 27.9 Å². The monoisotopic (exact) mass is 462 g/mol. The van der Waals surface area contributed by atoms with Crippen LogP contribution >= 0.6 is 23.2 Å². The Bertz CT molecular complexity index is 933. The molecular formula is C24H28Cl2N2O3. The second-order valence-corrected chi connectivity index (χ2v) is 8.93. The van der Waals surface area contributed by atoms with Crippen molar-refractivity contribution in [2.24, 2.45) is 5.92 Å². The number of carbonyl (C=O) groups excluding carboxylic acids is 2. The molecule has 166 valence electrons. The fourth-order valence-corrected chi connectivity index (χ4v) is 3.91. The van der Waals surface area contributed by atoms with Crippen LogP contribution in [0.2, 0.25) is 10.0 Å². The molecule has 2 amide bonds. The van der Waals surface area contributed by atoms with Gasteiger partial charge in [-0.3, -0.25) is 9.59 Å². The standard InChI is InChI=1S/C24H28Cl2N2O3/c1-16(2)31-15-18-6-3-5-17(11-18)13-27-23(29)20-7-4-10-28(14-20)24(30)19-8-9-21(25)22(26)12-19/h3,5-6,8-9,11-12,16,20H,4,7,10,13-15H2,1-2H3,(H,27,29). The molecule has 1 atom stereocenters. The minimum atomic E-state index is -0.229. The van der Waals surface area contributed by atoms with Gasteiger partial charge in [-0.05, 0) is 56.0 Å². The summed E-state index contributed by atoms with van der Waals surface area (Å²) in [6, 6.07) is 12.9. The Balaban J connectivity index is 1.55. The van der Waals surface area contributed by atoms with Crippen LogP contribution in [0.3, 0.4) is 0 Å². The summed E-state index contributed by atoms with van der Waals surface area (Å²) in [7, 11) is 0. The zero-order valence-electron chi connectivity index (χ0n) is 17.9. The van der Waals surface area contributed by atoms with Crippen molar-refractivity contribution >= 4 is 35.0 Å². The highest BCUT2D eigenvalue weighted by atomic mass is 35.5. The zero-order valence-corrected chi connectivity index (χ0v) is 19.4. The van der Waals surface area contributed by atoms with Crippen molar-refractivity contribution < 1.29 is 14.3 Å². The van der Waals surface area contributed by atoms with Crippen LogP contribution in [0.4, 0.5) is 0 Å². The Labute approximate surface area is 193 Å². The van der Waals surface area contributed by atoms with Gasteiger partial charge in [0.1, 0.15) is 0 Å². The molecule has 31 heavy (non-hydrogen) atoms. The van der Waals surface area contributed by atoms with Crippen molar-refractivity contribution in [2.75, 3.05) is 13.1 Å². The number of benzene rings is 2. The van der Waals surface area contributed by atoms with Crippen LogP contribution in [-0.2, 0) is 22.7 Å². The van der Waals surface area contributed by atoms with Crippen LogP contribution in [0.25, 0.3) is 0 Å². The predicted octanol–water partition coefficient (Wildman–Crippen LogP) is 5.09. The summed E-state index contributed by atoms with van der Waals surface area (Å²) in [5.41, 5.74) is 2.59. The molecule has 5 nitrogen and oxygen atoms in total. The Morgan fingerprint density at radius 2 is 1.90 bits per heavy atom. The summed E-state index contributed by atoms with van der Waals surface area (Å²) in [6.07, 6.45) is 1.72. The molecule has 0 bridgehead atoms. The first kappa shape index (κ1) is 23.6. The van der Waals surface area contributed by atoms with Gasteiger partial charge >= 0.3 is 0 Å². The SMILES string of the molecule is CC(C)OCc1cccc(CNC(=O)C2CCCN(C(=O)c3ccc(Cl)c(Cl)c3)C2)c1. The smallest absolute Gasteiger partial charge is 0.253 e. The number of carbonyl (C=O) groups is 2. The zero-order chi connectivity index (χ0) is 22.4. The van der Waals surface area contributed by atoms with Crippen LogP contribution < -0.4 is 5.32 Å². The average molecular weight is 463 g/mol. The minimum absolute atomic E-state index is 0.0320. The van der Waals surface area contributed by atoms with Crippen LogP contribution in [0, 0.1) is 5.92 Å². The number of rotatable bonds is 7. The normalized spacial score (nSPS) is 16.4. The van der Waals surface area contributed by atoms with Crippen molar-refractivity contribution in [3.63, 3.8) is 0 Å². The molecule has 3 rings (SSSR count). The van der Waals surface area contributed by atoms with E-state index in [1.807, 2.05) is 38.1 Å². The third kappa shape index (κ3) is 6.70. The van der Waals surface area contributed by atoms with Gasteiger partial charge in [-0.15, -0.1) is 0 Å². The maximum absolute atomic E-state index is 12.8. The van der Waals surface area contributed by atoms with Gasteiger partial charge in [0.2, 0.25) is 5.91 Å². The number of nitrogens with zero attached hydrogens (tertiary/aromatic N) is 1. The number of hydrogen-bond acceptors (Lipinski definition) is 3. The molecule has 0 aliphatic carbocycles. The third-order valence-corrected chi connectivity index (χ3v) is 6.03. The van der Waals surface area contributed by atoms with Gasteiger partial charge in [0, 0.05) is 25.2 Å². The van der Waals surface area contributed by atoms with Crippen molar-refractivity contribution in [1.29, 1.82) is 0 Å². The van der Waals surface area contributed by atoms with Crippen LogP contribution in [0.1, 0.15) is 48.2 Å². The maximum Gasteiger partial charge on any atom is 0.253 e. The van der Waals surface area contributed by atoms with E-state index < -0.39 is 0 Å². The molecule has 0 saturated carbocycles. The van der Waals surface area contributed by atoms with Gasteiger partial charge in [-0.1, -0.05) is 47.5 Å². The molecule has 1 fully saturated rings. The molecule has 1 unspecified atom stereocenters. The summed E-state index contributed by atoms with van der Waals surface area (Å²) < 4.78 is 5.65. The second-order valence-electron chi connectivity index (χ2n) is 8.12. The molecule has 2 aromatic carbocycles. The van der Waals surface area contributed by atoms with E-state index in [9.17, 15) is 9.59 Å². The Morgan fingerprint density at radius 3 is 2.65 bits per heavy atom. The predicted molar refractivity (Wildman–Crippen MR) is 123 cm³/mol. The van der Waals surface area contributed by atoms with E-state index in [1.165, 1.54) is 0 Å². The maximum atomic E-state index is 12.8. The molecule has 0 aromatic heterocycles. The molecule has 0 spiro atoms. The lowest BCUT2D eigenvalue weighted by molar-refractivity contribution is -0.126. The number of likely N-dealkylation sites (tertiary alicyclic amines) is 1. The Kier molecular flexibility index (Phi) is 8.35. The highest BCUT2D eigenvalue weighted by molar-refractivity contribution is 6.42. The van der Waals surface area contributed by atoms with E-state index in [-0.39, 0.29) is 23.8 Å². The number of nitrogens with one attached hydrogen (secondary N) is 1. The Morgan fingerprint density at radius 1 is 1.13 bits per heavy atom. The third-order valence-electron chi connectivity index (χ3n) is 5.29. The van der Waals surface area contributed by atoms with Gasteiger partial charge in [0.25, 0.3) is 5.91 Å². The number of piperidine rings is 1. The van der Waals surface area contributed by atoms with Crippen LogP contribution in [0.15, 0.2) is 42.5 Å². The first-order chi connectivity index (χ1) is 14.8. The van der Waals surface area contributed by atoms with Crippen LogP contribution in [0.5, 0.6) is 0 Å². The number of hydrogen-bond donors (Lipinski definition) is 1. The van der Waals surface area contributed by atoms with Crippen molar-refractivity contribution in [3.8, 4) is 0 Å². The van der Waals surface area contributed by atoms with Crippen molar-refractivity contribution in [2.45, 2.75) is 45.9 Å². The van der Waals surface area contributed by atoms with Crippen molar-refractivity contribution in [3.05, 3.63) is 69.2 Å². The molecule has 1 heterocycles. The topological polar surface area (TPSA) is 58.6 Å². The molecule has 1 N–H and O–H groups in total. The fourth-order valence-electron chi connectivity index (χ4n) is 3.61. The highest BCUT2D eigenvalue weighted by Gasteiger charge is 2.29. The molecule has 0 radical (unpaired) electrons. The lowest BCUT2D eigenvalue weighted by Gasteiger charge is -2.32. The summed E-state index contributed by atoms with van der Waals surface area (Å²) in [5.74, 6) is -0.391. The lowest BCUT2D eigenvalue weighted by atomic mass is 9.96. The van der Waals surface area contributed by atoms with Gasteiger partial charge < -0.3 is 15.0 Å². The first-order valence-electron chi connectivity index (χ1n) is 10.5. The molecule has 1 aliphatic heterocycles. The first-order valence-corrected chi connectivity index (χ1v) is 11.3. The van der Waals surface area contributed by atoms with E-state index in [0.29, 0.717) is 41.8 Å². The summed E-state index contributed by atoms with van der Waals surface area (Å²) in [4.78, 5) is 27.3. The lowest BCUT2D eigenvalue weighted by Crippen LogP contribution is -2.45. The second kappa shape index (κ2) is 11.0. The summed E-state index contributed by atoms with van der Waals surface area (Å²) >= 11 is 12.0. The molecular weight excluding hydrogens is 435 g/mol. The van der Waals surface area contributed by atoms with Gasteiger partial charge in [0.05, 0.1) is 28.7 Å². The number of ether oxygens (including phenoxy) is 1. The van der Waals surface area contributed by atoms with E-state index >= 15 is 0 Å². The largest absolute Gasteiger partial charge is 0.374 e. The Hall–Kier alpha value is -2.08. The fraction of sp³-hybridized carbons (Fsp3) is 0.417.